The molecule has 0 bridgehead atoms. The van der Waals surface area contributed by atoms with Gasteiger partial charge in [0.1, 0.15) is 10.8 Å². The Bertz CT molecular complexity index is 597. The Hall–Kier alpha value is -1.01. The van der Waals surface area contributed by atoms with Crippen molar-refractivity contribution in [1.29, 1.82) is 0 Å². The summed E-state index contributed by atoms with van der Waals surface area (Å²) in [6.45, 7) is 1.84. The van der Waals surface area contributed by atoms with Gasteiger partial charge in [-0.1, -0.05) is 31.4 Å². The quantitative estimate of drug-likeness (QED) is 0.846. The summed E-state index contributed by atoms with van der Waals surface area (Å²) in [4.78, 5) is 12.2. The minimum Gasteiger partial charge on any atom is -0.348 e. The molecule has 7 heteroatoms. The molecule has 0 unspecified atom stereocenters. The first kappa shape index (κ1) is 17.3. The minimum atomic E-state index is -1.07. The van der Waals surface area contributed by atoms with E-state index in [1.165, 1.54) is 0 Å². The third-order valence-electron chi connectivity index (χ3n) is 3.92. The van der Waals surface area contributed by atoms with Crippen molar-refractivity contribution in [2.24, 2.45) is 0 Å². The number of hydrogen-bond donors (Lipinski definition) is 1. The molecule has 1 saturated carbocycles. The van der Waals surface area contributed by atoms with Crippen molar-refractivity contribution in [2.75, 3.05) is 5.75 Å². The maximum Gasteiger partial charge on any atom is 0.254 e. The molecule has 1 N–H and O–H groups in total. The second-order valence-electron chi connectivity index (χ2n) is 5.30. The van der Waals surface area contributed by atoms with E-state index in [9.17, 15) is 17.8 Å². The number of nitrogens with one attached hydrogen (secondary N) is 1. The molecule has 0 saturated heterocycles. The van der Waals surface area contributed by atoms with E-state index in [-0.39, 0.29) is 16.9 Å². The van der Waals surface area contributed by atoms with Gasteiger partial charge in [0, 0.05) is 22.6 Å². The van der Waals surface area contributed by atoms with Crippen molar-refractivity contribution < 1.29 is 17.8 Å². The molecule has 2 rings (SSSR count). The SMILES string of the molecule is CC[S@](=O)[C@H]1CCCC[C@H]1NC(=O)c1ccc(F)c(Cl)c1F. The summed E-state index contributed by atoms with van der Waals surface area (Å²) in [5, 5.41) is 1.92. The number of benzene rings is 1. The van der Waals surface area contributed by atoms with Crippen LogP contribution in [-0.4, -0.2) is 27.2 Å². The normalized spacial score (nSPS) is 23.1. The van der Waals surface area contributed by atoms with E-state index in [4.69, 9.17) is 11.6 Å². The molecule has 1 amide bonds. The number of carbonyl (C=O) groups excluding carboxylic acids is 1. The zero-order valence-electron chi connectivity index (χ0n) is 12.2. The molecular formula is C15H18ClF2NO2S. The predicted molar refractivity (Wildman–Crippen MR) is 83.6 cm³/mol. The van der Waals surface area contributed by atoms with Crippen molar-refractivity contribution in [2.45, 2.75) is 43.9 Å². The molecule has 0 radical (unpaired) electrons. The van der Waals surface area contributed by atoms with Crippen LogP contribution in [0.15, 0.2) is 12.1 Å². The second kappa shape index (κ2) is 7.51. The Kier molecular flexibility index (Phi) is 5.92. The Balaban J connectivity index is 2.17. The van der Waals surface area contributed by atoms with Crippen LogP contribution in [0, 0.1) is 11.6 Å². The first-order valence-electron chi connectivity index (χ1n) is 7.27. The summed E-state index contributed by atoms with van der Waals surface area (Å²) in [5.74, 6) is -2.10. The van der Waals surface area contributed by atoms with Gasteiger partial charge in [0.25, 0.3) is 5.91 Å². The van der Waals surface area contributed by atoms with Crippen LogP contribution < -0.4 is 5.32 Å². The van der Waals surface area contributed by atoms with Gasteiger partial charge in [-0.25, -0.2) is 8.78 Å². The molecule has 0 aliphatic heterocycles. The summed E-state index contributed by atoms with van der Waals surface area (Å²) in [5.41, 5.74) is -0.294. The maximum atomic E-state index is 13.9. The van der Waals surface area contributed by atoms with Gasteiger partial charge in [-0.3, -0.25) is 9.00 Å². The number of rotatable bonds is 4. The smallest absolute Gasteiger partial charge is 0.254 e. The van der Waals surface area contributed by atoms with E-state index in [2.05, 4.69) is 5.32 Å². The van der Waals surface area contributed by atoms with Crippen molar-refractivity contribution in [3.63, 3.8) is 0 Å². The Morgan fingerprint density at radius 3 is 2.73 bits per heavy atom. The Labute approximate surface area is 135 Å². The molecule has 22 heavy (non-hydrogen) atoms. The van der Waals surface area contributed by atoms with Crippen LogP contribution in [0.5, 0.6) is 0 Å². The molecule has 0 spiro atoms. The van der Waals surface area contributed by atoms with Gasteiger partial charge in [-0.05, 0) is 25.0 Å². The maximum absolute atomic E-state index is 13.9. The van der Waals surface area contributed by atoms with E-state index in [0.717, 1.165) is 31.4 Å². The van der Waals surface area contributed by atoms with Crippen LogP contribution in [0.3, 0.4) is 0 Å². The van der Waals surface area contributed by atoms with E-state index in [1.54, 1.807) is 0 Å². The molecule has 1 aromatic carbocycles. The fraction of sp³-hybridized carbons (Fsp3) is 0.533. The zero-order valence-corrected chi connectivity index (χ0v) is 13.8. The van der Waals surface area contributed by atoms with E-state index < -0.39 is 33.4 Å². The first-order chi connectivity index (χ1) is 10.5. The fourth-order valence-corrected chi connectivity index (χ4v) is 4.33. The lowest BCUT2D eigenvalue weighted by Gasteiger charge is -2.31. The number of halogens is 3. The highest BCUT2D eigenvalue weighted by Gasteiger charge is 2.31. The summed E-state index contributed by atoms with van der Waals surface area (Å²) in [6, 6.07) is 1.77. The highest BCUT2D eigenvalue weighted by Crippen LogP contribution is 2.25. The van der Waals surface area contributed by atoms with Gasteiger partial charge in [0.05, 0.1) is 10.8 Å². The van der Waals surface area contributed by atoms with Crippen LogP contribution >= 0.6 is 11.6 Å². The van der Waals surface area contributed by atoms with Crippen molar-refractivity contribution >= 4 is 28.3 Å². The fourth-order valence-electron chi connectivity index (χ4n) is 2.74. The van der Waals surface area contributed by atoms with Gasteiger partial charge in [0.15, 0.2) is 5.82 Å². The summed E-state index contributed by atoms with van der Waals surface area (Å²) >= 11 is 5.49. The van der Waals surface area contributed by atoms with Crippen LogP contribution in [0.25, 0.3) is 0 Å². The number of amides is 1. The van der Waals surface area contributed by atoms with E-state index in [0.29, 0.717) is 12.2 Å². The number of hydrogen-bond acceptors (Lipinski definition) is 2. The van der Waals surface area contributed by atoms with Crippen molar-refractivity contribution in [1.82, 2.24) is 5.32 Å². The van der Waals surface area contributed by atoms with E-state index >= 15 is 0 Å². The minimum absolute atomic E-state index is 0.123. The Morgan fingerprint density at radius 1 is 1.36 bits per heavy atom. The molecule has 122 valence electrons. The molecule has 1 aliphatic rings. The molecule has 1 aliphatic carbocycles. The van der Waals surface area contributed by atoms with Gasteiger partial charge < -0.3 is 5.32 Å². The summed E-state index contributed by atoms with van der Waals surface area (Å²) in [7, 11) is -1.02. The summed E-state index contributed by atoms with van der Waals surface area (Å²) in [6.07, 6.45) is 3.38. The molecule has 0 aromatic heterocycles. The lowest BCUT2D eigenvalue weighted by Crippen LogP contribution is -2.47. The topological polar surface area (TPSA) is 46.2 Å². The van der Waals surface area contributed by atoms with E-state index in [1.807, 2.05) is 6.92 Å². The predicted octanol–water partition coefficient (Wildman–Crippen LogP) is 3.43. The monoisotopic (exact) mass is 349 g/mol. The first-order valence-corrected chi connectivity index (χ1v) is 9.03. The van der Waals surface area contributed by atoms with Crippen molar-refractivity contribution in [3.05, 3.63) is 34.4 Å². The lowest BCUT2D eigenvalue weighted by atomic mass is 9.94. The largest absolute Gasteiger partial charge is 0.348 e. The van der Waals surface area contributed by atoms with Crippen LogP contribution in [-0.2, 0) is 10.8 Å². The molecule has 1 aromatic rings. The molecule has 3 nitrogen and oxygen atoms in total. The standard InChI is InChI=1S/C15H18ClF2NO2S/c1-2-22(21)12-6-4-3-5-11(12)19-15(20)9-7-8-10(17)13(16)14(9)18/h7-8,11-12H,2-6H2,1H3,(H,19,20)/t11-,12+,22+/m1/s1. The lowest BCUT2D eigenvalue weighted by molar-refractivity contribution is 0.0925. The molecule has 0 heterocycles. The average molecular weight is 350 g/mol. The second-order valence-corrected chi connectivity index (χ2v) is 7.62. The third-order valence-corrected chi connectivity index (χ3v) is 6.08. The zero-order chi connectivity index (χ0) is 16.3. The van der Waals surface area contributed by atoms with Gasteiger partial charge in [-0.15, -0.1) is 0 Å². The van der Waals surface area contributed by atoms with Gasteiger partial charge in [0.2, 0.25) is 0 Å². The van der Waals surface area contributed by atoms with Crippen LogP contribution in [0.2, 0.25) is 5.02 Å². The summed E-state index contributed by atoms with van der Waals surface area (Å²) < 4.78 is 39.1. The molecule has 3 atom stereocenters. The number of carbonyl (C=O) groups is 1. The van der Waals surface area contributed by atoms with Crippen molar-refractivity contribution in [3.8, 4) is 0 Å². The molecule has 1 fully saturated rings. The molecular weight excluding hydrogens is 332 g/mol. The Morgan fingerprint density at radius 2 is 2.05 bits per heavy atom. The average Bonchev–Trinajstić information content (AvgIpc) is 2.52. The van der Waals surface area contributed by atoms with Gasteiger partial charge >= 0.3 is 0 Å². The van der Waals surface area contributed by atoms with Crippen LogP contribution in [0.1, 0.15) is 43.0 Å². The van der Waals surface area contributed by atoms with Gasteiger partial charge in [-0.2, -0.15) is 0 Å². The highest BCUT2D eigenvalue weighted by atomic mass is 35.5. The van der Waals surface area contributed by atoms with Crippen LogP contribution in [0.4, 0.5) is 8.78 Å². The third kappa shape index (κ3) is 3.66. The highest BCUT2D eigenvalue weighted by molar-refractivity contribution is 7.85.